The Morgan fingerprint density at radius 3 is 2.29 bits per heavy atom. The second-order valence-electron chi connectivity index (χ2n) is 7.31. The molecule has 0 fully saturated rings. The number of rotatable bonds is 9. The van der Waals surface area contributed by atoms with Gasteiger partial charge in [-0.1, -0.05) is 50.2 Å². The van der Waals surface area contributed by atoms with Crippen LogP contribution in [0.4, 0.5) is 4.39 Å². The minimum absolute atomic E-state index is 0.104. The number of carbonyl (C=O) groups is 3. The monoisotopic (exact) mass is 426 g/mol. The van der Waals surface area contributed by atoms with Crippen molar-refractivity contribution < 1.29 is 23.5 Å². The minimum Gasteiger partial charge on any atom is -0.464 e. The predicted molar refractivity (Wildman–Crippen MR) is 116 cm³/mol. The van der Waals surface area contributed by atoms with E-state index in [1.807, 2.05) is 13.8 Å². The van der Waals surface area contributed by atoms with Gasteiger partial charge in [-0.2, -0.15) is 0 Å². The third-order valence-corrected chi connectivity index (χ3v) is 4.32. The zero-order chi connectivity index (χ0) is 22.8. The maximum atomic E-state index is 14.2. The summed E-state index contributed by atoms with van der Waals surface area (Å²) in [5, 5.41) is 5.14. The van der Waals surface area contributed by atoms with Crippen molar-refractivity contribution in [3.8, 4) is 0 Å². The largest absolute Gasteiger partial charge is 0.464 e. The number of ether oxygens (including phenoxy) is 1. The van der Waals surface area contributed by atoms with Crippen LogP contribution in [0.5, 0.6) is 0 Å². The Morgan fingerprint density at radius 1 is 1.03 bits per heavy atom. The van der Waals surface area contributed by atoms with Gasteiger partial charge in [0.25, 0.3) is 11.8 Å². The molecule has 0 aliphatic heterocycles. The van der Waals surface area contributed by atoms with Crippen LogP contribution < -0.4 is 10.6 Å². The number of esters is 1. The molecule has 0 heterocycles. The van der Waals surface area contributed by atoms with Crippen molar-refractivity contribution in [2.24, 2.45) is 5.92 Å². The molecule has 0 radical (unpaired) electrons. The zero-order valence-corrected chi connectivity index (χ0v) is 17.9. The van der Waals surface area contributed by atoms with Gasteiger partial charge in [-0.15, -0.1) is 0 Å². The van der Waals surface area contributed by atoms with E-state index < -0.39 is 29.6 Å². The van der Waals surface area contributed by atoms with Crippen LogP contribution in [0.2, 0.25) is 0 Å². The molecule has 0 aromatic heterocycles. The molecule has 2 aromatic carbocycles. The molecule has 164 valence electrons. The van der Waals surface area contributed by atoms with Gasteiger partial charge >= 0.3 is 5.97 Å². The first-order valence-electron chi connectivity index (χ1n) is 10.1. The van der Waals surface area contributed by atoms with Gasteiger partial charge in [-0.05, 0) is 43.5 Å². The highest BCUT2D eigenvalue weighted by molar-refractivity contribution is 6.06. The Kier molecular flexibility index (Phi) is 8.94. The lowest BCUT2D eigenvalue weighted by molar-refractivity contribution is -0.147. The van der Waals surface area contributed by atoms with Gasteiger partial charge < -0.3 is 15.4 Å². The molecular weight excluding hydrogens is 399 g/mol. The molecule has 0 unspecified atom stereocenters. The van der Waals surface area contributed by atoms with Gasteiger partial charge in [0.15, 0.2) is 0 Å². The smallest absolute Gasteiger partial charge is 0.328 e. The lowest BCUT2D eigenvalue weighted by Crippen LogP contribution is -2.45. The van der Waals surface area contributed by atoms with Gasteiger partial charge in [-0.3, -0.25) is 9.59 Å². The lowest BCUT2D eigenvalue weighted by atomic mass is 10.0. The van der Waals surface area contributed by atoms with E-state index in [2.05, 4.69) is 10.6 Å². The first kappa shape index (κ1) is 23.8. The average molecular weight is 426 g/mol. The number of nitrogens with one attached hydrogen (secondary N) is 2. The van der Waals surface area contributed by atoms with Crippen molar-refractivity contribution in [3.05, 3.63) is 77.2 Å². The van der Waals surface area contributed by atoms with Gasteiger partial charge in [0.1, 0.15) is 17.6 Å². The summed E-state index contributed by atoms with van der Waals surface area (Å²) in [4.78, 5) is 37.9. The summed E-state index contributed by atoms with van der Waals surface area (Å²) in [6, 6.07) is 13.3. The molecule has 1 atom stereocenters. The van der Waals surface area contributed by atoms with E-state index >= 15 is 0 Å². The standard InChI is InChI=1S/C24H27FN2O4/c1-4-31-24(30)21(14-16(2)3)27-23(29)20(15-18-12-8-9-13-19(18)25)26-22(28)17-10-6-5-7-11-17/h5-13,15-16,21H,4,14H2,1-3H3,(H,26,28)(H,27,29)/t21-/m1/s1. The second kappa shape index (κ2) is 11.6. The molecule has 2 N–H and O–H groups in total. The van der Waals surface area contributed by atoms with Crippen molar-refractivity contribution in [1.82, 2.24) is 10.6 Å². The van der Waals surface area contributed by atoms with Crippen LogP contribution in [0.1, 0.15) is 43.1 Å². The van der Waals surface area contributed by atoms with Crippen LogP contribution in [-0.2, 0) is 14.3 Å². The van der Waals surface area contributed by atoms with E-state index in [4.69, 9.17) is 4.74 Å². The lowest BCUT2D eigenvalue weighted by Gasteiger charge is -2.20. The Labute approximate surface area is 181 Å². The molecule has 2 amide bonds. The van der Waals surface area contributed by atoms with Gasteiger partial charge in [0.05, 0.1) is 6.61 Å². The van der Waals surface area contributed by atoms with Crippen LogP contribution in [0.3, 0.4) is 0 Å². The van der Waals surface area contributed by atoms with Gasteiger partial charge in [-0.25, -0.2) is 9.18 Å². The highest BCUT2D eigenvalue weighted by Crippen LogP contribution is 2.13. The Balaban J connectivity index is 2.34. The third-order valence-electron chi connectivity index (χ3n) is 4.32. The fourth-order valence-electron chi connectivity index (χ4n) is 2.85. The summed E-state index contributed by atoms with van der Waals surface area (Å²) in [5.74, 6) is -2.26. The summed E-state index contributed by atoms with van der Waals surface area (Å²) < 4.78 is 19.2. The van der Waals surface area contributed by atoms with E-state index in [9.17, 15) is 18.8 Å². The number of benzene rings is 2. The van der Waals surface area contributed by atoms with Crippen molar-refractivity contribution in [2.75, 3.05) is 6.61 Å². The maximum absolute atomic E-state index is 14.2. The molecular formula is C24H27FN2O4. The predicted octanol–water partition coefficient (Wildman–Crippen LogP) is 3.69. The summed E-state index contributed by atoms with van der Waals surface area (Å²) in [6.45, 7) is 5.67. The molecule has 0 spiro atoms. The first-order valence-corrected chi connectivity index (χ1v) is 10.1. The Morgan fingerprint density at radius 2 is 1.68 bits per heavy atom. The van der Waals surface area contributed by atoms with Crippen molar-refractivity contribution >= 4 is 23.9 Å². The summed E-state index contributed by atoms with van der Waals surface area (Å²) >= 11 is 0. The third kappa shape index (κ3) is 7.37. The normalized spacial score (nSPS) is 12.2. The Bertz CT molecular complexity index is 942. The van der Waals surface area contributed by atoms with E-state index in [0.717, 1.165) is 0 Å². The number of hydrogen-bond acceptors (Lipinski definition) is 4. The van der Waals surface area contributed by atoms with Crippen LogP contribution in [0.15, 0.2) is 60.3 Å². The van der Waals surface area contributed by atoms with Crippen molar-refractivity contribution in [1.29, 1.82) is 0 Å². The molecule has 0 saturated heterocycles. The number of amides is 2. The molecule has 2 rings (SSSR count). The van der Waals surface area contributed by atoms with Gasteiger partial charge in [0.2, 0.25) is 0 Å². The fraction of sp³-hybridized carbons (Fsp3) is 0.292. The highest BCUT2D eigenvalue weighted by atomic mass is 19.1. The average Bonchev–Trinajstić information content (AvgIpc) is 2.74. The molecule has 0 bridgehead atoms. The number of hydrogen-bond donors (Lipinski definition) is 2. The molecule has 31 heavy (non-hydrogen) atoms. The van der Waals surface area contributed by atoms with E-state index in [1.165, 1.54) is 24.3 Å². The summed E-state index contributed by atoms with van der Waals surface area (Å²) in [5.41, 5.74) is 0.272. The fourth-order valence-corrected chi connectivity index (χ4v) is 2.85. The topological polar surface area (TPSA) is 84.5 Å². The second-order valence-corrected chi connectivity index (χ2v) is 7.31. The minimum atomic E-state index is -0.898. The van der Waals surface area contributed by atoms with Crippen LogP contribution in [0.25, 0.3) is 6.08 Å². The maximum Gasteiger partial charge on any atom is 0.328 e. The van der Waals surface area contributed by atoms with Crippen LogP contribution in [0, 0.1) is 11.7 Å². The molecule has 0 aliphatic rings. The Hall–Kier alpha value is -3.48. The van der Waals surface area contributed by atoms with E-state index in [1.54, 1.807) is 43.3 Å². The molecule has 7 heteroatoms. The molecule has 0 saturated carbocycles. The number of halogens is 1. The zero-order valence-electron chi connectivity index (χ0n) is 17.9. The van der Waals surface area contributed by atoms with E-state index in [-0.39, 0.29) is 23.8 Å². The highest BCUT2D eigenvalue weighted by Gasteiger charge is 2.25. The SMILES string of the molecule is CCOC(=O)[C@@H](CC(C)C)NC(=O)C(=Cc1ccccc1F)NC(=O)c1ccccc1. The van der Waals surface area contributed by atoms with Crippen LogP contribution in [-0.4, -0.2) is 30.4 Å². The molecule has 6 nitrogen and oxygen atoms in total. The van der Waals surface area contributed by atoms with Crippen molar-refractivity contribution in [3.63, 3.8) is 0 Å². The van der Waals surface area contributed by atoms with Crippen molar-refractivity contribution in [2.45, 2.75) is 33.2 Å². The first-order chi connectivity index (χ1) is 14.8. The number of carbonyl (C=O) groups excluding carboxylic acids is 3. The summed E-state index contributed by atoms with van der Waals surface area (Å²) in [6.07, 6.45) is 1.59. The van der Waals surface area contributed by atoms with Crippen LogP contribution >= 0.6 is 0 Å². The quantitative estimate of drug-likeness (QED) is 0.473. The summed E-state index contributed by atoms with van der Waals surface area (Å²) in [7, 11) is 0. The molecule has 0 aliphatic carbocycles. The van der Waals surface area contributed by atoms with Gasteiger partial charge in [0, 0.05) is 11.1 Å². The molecule has 2 aromatic rings. The van der Waals surface area contributed by atoms with E-state index in [0.29, 0.717) is 12.0 Å².